The average Bonchev–Trinajstić information content (AvgIpc) is 3.93. The normalized spacial score (nSPS) is 18.7. The van der Waals surface area contributed by atoms with Crippen LogP contribution in [0.3, 0.4) is 0 Å². The van der Waals surface area contributed by atoms with Crippen molar-refractivity contribution in [1.82, 2.24) is 14.9 Å². The van der Waals surface area contributed by atoms with Crippen molar-refractivity contribution >= 4 is 5.91 Å². The van der Waals surface area contributed by atoms with E-state index < -0.39 is 23.8 Å². The Morgan fingerprint density at radius 3 is 2.40 bits per heavy atom. The lowest BCUT2D eigenvalue weighted by Crippen LogP contribution is -2.36. The molecule has 0 bridgehead atoms. The molecule has 7 rings (SSSR count). The van der Waals surface area contributed by atoms with Crippen molar-refractivity contribution in [1.29, 1.82) is 0 Å². The second-order valence-electron chi connectivity index (χ2n) is 13.4. The van der Waals surface area contributed by atoms with E-state index in [4.69, 9.17) is 4.98 Å². The molecule has 3 aliphatic rings. The quantitative estimate of drug-likeness (QED) is 0.227. The predicted molar refractivity (Wildman–Crippen MR) is 173 cm³/mol. The molecule has 0 spiro atoms. The van der Waals surface area contributed by atoms with E-state index in [-0.39, 0.29) is 23.1 Å². The van der Waals surface area contributed by atoms with Crippen LogP contribution in [-0.4, -0.2) is 32.4 Å². The SMILES string of the molecule is O=C(C(O)c1cccc(-c2cccc(C(F)(F)F)c2)c1)N1CCCc2nc(C3(c4cccc(C5CCCCC5)c4)CC3)[nH]c(=O)c2C1. The number of amides is 1. The van der Waals surface area contributed by atoms with E-state index in [9.17, 15) is 27.9 Å². The third kappa shape index (κ3) is 6.25. The Labute approximate surface area is 271 Å². The van der Waals surface area contributed by atoms with Gasteiger partial charge in [-0.3, -0.25) is 9.59 Å². The van der Waals surface area contributed by atoms with Gasteiger partial charge in [0.2, 0.25) is 0 Å². The van der Waals surface area contributed by atoms with Crippen LogP contribution in [0.4, 0.5) is 13.2 Å². The van der Waals surface area contributed by atoms with Crippen molar-refractivity contribution in [3.8, 4) is 11.1 Å². The molecule has 1 aromatic heterocycles. The molecule has 1 amide bonds. The van der Waals surface area contributed by atoms with Crippen molar-refractivity contribution < 1.29 is 23.1 Å². The Kier molecular flexibility index (Phi) is 8.28. The summed E-state index contributed by atoms with van der Waals surface area (Å²) in [6, 6.07) is 20.1. The second-order valence-corrected chi connectivity index (χ2v) is 13.4. The van der Waals surface area contributed by atoms with Crippen LogP contribution in [-0.2, 0) is 29.4 Å². The van der Waals surface area contributed by atoms with E-state index in [2.05, 4.69) is 29.2 Å². The van der Waals surface area contributed by atoms with Crippen molar-refractivity contribution in [2.45, 2.75) is 87.9 Å². The average molecular weight is 642 g/mol. The number of alkyl halides is 3. The number of carbonyl (C=O) groups excluding carboxylic acids is 1. The van der Waals surface area contributed by atoms with Crippen LogP contribution in [0.1, 0.15) is 103 Å². The number of aryl methyl sites for hydroxylation is 1. The highest BCUT2D eigenvalue weighted by molar-refractivity contribution is 5.83. The molecule has 3 aromatic carbocycles. The summed E-state index contributed by atoms with van der Waals surface area (Å²) in [7, 11) is 0. The van der Waals surface area contributed by atoms with Crippen LogP contribution in [0.15, 0.2) is 77.6 Å². The summed E-state index contributed by atoms with van der Waals surface area (Å²) in [5, 5.41) is 11.1. The minimum Gasteiger partial charge on any atom is -0.378 e. The zero-order valence-electron chi connectivity index (χ0n) is 26.2. The number of carbonyl (C=O) groups is 1. The number of rotatable bonds is 6. The number of nitrogens with one attached hydrogen (secondary N) is 1. The summed E-state index contributed by atoms with van der Waals surface area (Å²) < 4.78 is 39.9. The molecule has 0 radical (unpaired) electrons. The van der Waals surface area contributed by atoms with E-state index in [0.717, 1.165) is 25.0 Å². The summed E-state index contributed by atoms with van der Waals surface area (Å²) in [5.74, 6) is 0.703. The van der Waals surface area contributed by atoms with Crippen LogP contribution in [0, 0.1) is 0 Å². The molecular formula is C38H38F3N3O3. The van der Waals surface area contributed by atoms with Crippen molar-refractivity contribution in [3.05, 3.63) is 122 Å². The zero-order valence-corrected chi connectivity index (χ0v) is 26.2. The lowest BCUT2D eigenvalue weighted by molar-refractivity contribution is -0.141. The molecule has 2 aliphatic carbocycles. The highest BCUT2D eigenvalue weighted by Gasteiger charge is 2.49. The Morgan fingerprint density at radius 2 is 1.66 bits per heavy atom. The Bertz CT molecular complexity index is 1860. The fourth-order valence-electron chi connectivity index (χ4n) is 7.43. The van der Waals surface area contributed by atoms with E-state index in [1.54, 1.807) is 24.3 Å². The molecule has 2 saturated carbocycles. The largest absolute Gasteiger partial charge is 0.416 e. The summed E-state index contributed by atoms with van der Waals surface area (Å²) in [4.78, 5) is 36.7. The molecule has 2 N–H and O–H groups in total. The molecule has 0 saturated heterocycles. The lowest BCUT2D eigenvalue weighted by Gasteiger charge is -2.25. The van der Waals surface area contributed by atoms with E-state index in [0.29, 0.717) is 53.5 Å². The summed E-state index contributed by atoms with van der Waals surface area (Å²) >= 11 is 0. The molecule has 4 aromatic rings. The number of aliphatic hydroxyl groups excluding tert-OH is 1. The first kappa shape index (κ1) is 31.4. The number of aromatic amines is 1. The minimum absolute atomic E-state index is 0.0192. The third-order valence-corrected chi connectivity index (χ3v) is 10.3. The number of hydrogen-bond acceptors (Lipinski definition) is 4. The van der Waals surface area contributed by atoms with Gasteiger partial charge >= 0.3 is 6.18 Å². The van der Waals surface area contributed by atoms with E-state index in [1.165, 1.54) is 60.3 Å². The van der Waals surface area contributed by atoms with Crippen LogP contribution >= 0.6 is 0 Å². The lowest BCUT2D eigenvalue weighted by atomic mass is 9.82. The van der Waals surface area contributed by atoms with Crippen molar-refractivity contribution in [2.75, 3.05) is 6.54 Å². The number of aliphatic hydroxyl groups is 1. The van der Waals surface area contributed by atoms with Crippen LogP contribution < -0.4 is 5.56 Å². The second kappa shape index (κ2) is 12.4. The van der Waals surface area contributed by atoms with E-state index >= 15 is 0 Å². The molecule has 1 aliphatic heterocycles. The number of nitrogens with zero attached hydrogens (tertiary/aromatic N) is 2. The first-order valence-corrected chi connectivity index (χ1v) is 16.6. The van der Waals surface area contributed by atoms with Gasteiger partial charge in [0, 0.05) is 6.54 Å². The van der Waals surface area contributed by atoms with Gasteiger partial charge in [-0.15, -0.1) is 0 Å². The molecule has 1 atom stereocenters. The number of hydrogen-bond donors (Lipinski definition) is 2. The molecule has 244 valence electrons. The van der Waals surface area contributed by atoms with Gasteiger partial charge in [-0.2, -0.15) is 13.2 Å². The van der Waals surface area contributed by atoms with Crippen LogP contribution in [0.25, 0.3) is 11.1 Å². The van der Waals surface area contributed by atoms with Crippen LogP contribution in [0.5, 0.6) is 0 Å². The van der Waals surface area contributed by atoms with Gasteiger partial charge in [-0.1, -0.05) is 73.9 Å². The van der Waals surface area contributed by atoms with Gasteiger partial charge in [0.25, 0.3) is 11.5 Å². The number of H-pyrrole nitrogens is 1. The molecule has 9 heteroatoms. The Balaban J connectivity index is 1.11. The van der Waals surface area contributed by atoms with Crippen LogP contribution in [0.2, 0.25) is 0 Å². The minimum atomic E-state index is -4.49. The molecule has 47 heavy (non-hydrogen) atoms. The van der Waals surface area contributed by atoms with Gasteiger partial charge < -0.3 is 15.0 Å². The molecule has 2 heterocycles. The highest BCUT2D eigenvalue weighted by atomic mass is 19.4. The van der Waals surface area contributed by atoms with Gasteiger partial charge in [-0.05, 0) is 90.5 Å². The molecule has 1 unspecified atom stereocenters. The third-order valence-electron chi connectivity index (χ3n) is 10.3. The molecule has 2 fully saturated rings. The standard InChI is InChI=1S/C38H38F3N3O3/c39-38(40,41)30-15-6-12-27(22-30)25-10-4-13-28(20-25)33(45)35(47)44-19-7-16-32-31(23-44)34(46)43-36(42-32)37(17-18-37)29-14-5-11-26(21-29)24-8-2-1-3-9-24/h4-6,10-15,20-22,24,33,45H,1-3,7-9,16-19,23H2,(H,42,43,46). The maximum atomic E-state index is 13.6. The smallest absolute Gasteiger partial charge is 0.378 e. The van der Waals surface area contributed by atoms with Gasteiger partial charge in [0.1, 0.15) is 5.82 Å². The van der Waals surface area contributed by atoms with Gasteiger partial charge in [-0.25, -0.2) is 4.98 Å². The summed E-state index contributed by atoms with van der Waals surface area (Å²) in [5.41, 5.74) is 3.39. The monoisotopic (exact) mass is 641 g/mol. The van der Waals surface area contributed by atoms with Gasteiger partial charge in [0.05, 0.1) is 28.8 Å². The number of halogens is 3. The summed E-state index contributed by atoms with van der Waals surface area (Å²) in [6.45, 7) is 0.355. The number of aromatic nitrogens is 2. The maximum Gasteiger partial charge on any atom is 0.416 e. The molecular weight excluding hydrogens is 603 g/mol. The first-order chi connectivity index (χ1) is 22.6. The maximum absolute atomic E-state index is 13.6. The van der Waals surface area contributed by atoms with E-state index in [1.807, 2.05) is 0 Å². The zero-order chi connectivity index (χ0) is 32.8. The fraction of sp³-hybridized carbons (Fsp3) is 0.395. The fourth-order valence-corrected chi connectivity index (χ4v) is 7.43. The van der Waals surface area contributed by atoms with Crippen molar-refractivity contribution in [2.24, 2.45) is 0 Å². The van der Waals surface area contributed by atoms with Crippen molar-refractivity contribution in [3.63, 3.8) is 0 Å². The van der Waals surface area contributed by atoms with Gasteiger partial charge in [0.15, 0.2) is 6.10 Å². The Morgan fingerprint density at radius 1 is 0.936 bits per heavy atom. The molecule has 6 nitrogen and oxygen atoms in total. The number of benzene rings is 3. The predicted octanol–water partition coefficient (Wildman–Crippen LogP) is 7.59. The highest BCUT2D eigenvalue weighted by Crippen LogP contribution is 2.52. The number of fused-ring (bicyclic) bond motifs is 1. The first-order valence-electron chi connectivity index (χ1n) is 16.6. The Hall–Kier alpha value is -4.24. The summed E-state index contributed by atoms with van der Waals surface area (Å²) in [6.07, 6.45) is 3.19. The topological polar surface area (TPSA) is 86.3 Å².